The molecule has 2 atom stereocenters. The number of hydrogen-bond donors (Lipinski definition) is 1. The predicted octanol–water partition coefficient (Wildman–Crippen LogP) is 5.10. The first-order valence-electron chi connectivity index (χ1n) is 7.74. The minimum Gasteiger partial charge on any atom is -0.299 e. The van der Waals surface area contributed by atoms with Gasteiger partial charge >= 0.3 is 0 Å². The van der Waals surface area contributed by atoms with Gasteiger partial charge in [-0.2, -0.15) is 0 Å². The maximum atomic E-state index is 11.1. The van der Waals surface area contributed by atoms with Gasteiger partial charge in [0.15, 0.2) is 0 Å². The van der Waals surface area contributed by atoms with Crippen molar-refractivity contribution < 1.29 is 4.92 Å². The highest BCUT2D eigenvalue weighted by Crippen LogP contribution is 2.30. The van der Waals surface area contributed by atoms with Crippen LogP contribution in [0.25, 0.3) is 0 Å². The molecule has 122 valence electrons. The molecule has 1 heterocycles. The van der Waals surface area contributed by atoms with E-state index >= 15 is 0 Å². The van der Waals surface area contributed by atoms with Gasteiger partial charge in [0.1, 0.15) is 0 Å². The molecule has 3 aromatic rings. The van der Waals surface area contributed by atoms with Gasteiger partial charge in [-0.1, -0.05) is 48.5 Å². The van der Waals surface area contributed by atoms with Gasteiger partial charge in [0.05, 0.1) is 11.0 Å². The van der Waals surface area contributed by atoms with Crippen LogP contribution >= 0.6 is 11.3 Å². The number of non-ortho nitro benzene ring substituents is 1. The number of nitro groups is 1. The smallest absolute Gasteiger partial charge is 0.269 e. The maximum Gasteiger partial charge on any atom is 0.269 e. The standard InChI is InChI=1S/C19H18N2O2S/c1-14(15-7-3-2-4-8-15)20-19(18-11-6-12-24-18)16-9-5-10-17(13-16)21(22)23/h2-14,19-20H,1H3/t14-,19?/m0/s1. The average Bonchev–Trinajstić information content (AvgIpc) is 3.14. The molecular formula is C19H18N2O2S. The molecule has 1 unspecified atom stereocenters. The van der Waals surface area contributed by atoms with E-state index in [2.05, 4.69) is 30.4 Å². The van der Waals surface area contributed by atoms with Crippen molar-refractivity contribution >= 4 is 17.0 Å². The number of hydrogen-bond acceptors (Lipinski definition) is 4. The van der Waals surface area contributed by atoms with Gasteiger partial charge in [-0.25, -0.2) is 0 Å². The van der Waals surface area contributed by atoms with Crippen LogP contribution in [0, 0.1) is 10.1 Å². The summed E-state index contributed by atoms with van der Waals surface area (Å²) in [5.74, 6) is 0. The summed E-state index contributed by atoms with van der Waals surface area (Å²) in [7, 11) is 0. The highest BCUT2D eigenvalue weighted by atomic mass is 32.1. The van der Waals surface area contributed by atoms with Crippen LogP contribution in [0.2, 0.25) is 0 Å². The van der Waals surface area contributed by atoms with E-state index in [1.165, 1.54) is 11.6 Å². The van der Waals surface area contributed by atoms with Crippen LogP contribution < -0.4 is 5.32 Å². The van der Waals surface area contributed by atoms with Gasteiger partial charge in [0.2, 0.25) is 0 Å². The molecule has 0 aliphatic carbocycles. The Morgan fingerprint density at radius 2 is 1.75 bits per heavy atom. The number of nitrogens with one attached hydrogen (secondary N) is 1. The number of rotatable bonds is 6. The summed E-state index contributed by atoms with van der Waals surface area (Å²) >= 11 is 1.64. The number of nitro benzene ring substituents is 1. The first kappa shape index (κ1) is 16.4. The summed E-state index contributed by atoms with van der Waals surface area (Å²) in [5, 5.41) is 16.7. The van der Waals surface area contributed by atoms with E-state index < -0.39 is 0 Å². The zero-order chi connectivity index (χ0) is 16.9. The molecule has 0 aliphatic heterocycles. The van der Waals surface area contributed by atoms with Gasteiger partial charge < -0.3 is 0 Å². The second-order valence-corrected chi connectivity index (χ2v) is 6.58. The van der Waals surface area contributed by atoms with Crippen LogP contribution in [0.5, 0.6) is 0 Å². The van der Waals surface area contributed by atoms with Crippen molar-refractivity contribution in [2.24, 2.45) is 0 Å². The highest BCUT2D eigenvalue weighted by Gasteiger charge is 2.20. The van der Waals surface area contributed by atoms with Crippen molar-refractivity contribution in [3.8, 4) is 0 Å². The average molecular weight is 338 g/mol. The Kier molecular flexibility index (Phi) is 5.03. The molecule has 2 aromatic carbocycles. The topological polar surface area (TPSA) is 55.2 Å². The summed E-state index contributed by atoms with van der Waals surface area (Å²) in [4.78, 5) is 11.9. The van der Waals surface area contributed by atoms with Crippen LogP contribution in [0.4, 0.5) is 5.69 Å². The minimum atomic E-state index is -0.352. The summed E-state index contributed by atoms with van der Waals surface area (Å²) in [6.07, 6.45) is 0. The molecule has 0 amide bonds. The summed E-state index contributed by atoms with van der Waals surface area (Å²) < 4.78 is 0. The Balaban J connectivity index is 1.93. The van der Waals surface area contributed by atoms with Crippen molar-refractivity contribution in [3.05, 3.63) is 98.2 Å². The molecule has 0 fully saturated rings. The largest absolute Gasteiger partial charge is 0.299 e. The quantitative estimate of drug-likeness (QED) is 0.503. The fourth-order valence-corrected chi connectivity index (χ4v) is 3.52. The number of nitrogens with zero attached hydrogens (tertiary/aromatic N) is 1. The monoisotopic (exact) mass is 338 g/mol. The van der Waals surface area contributed by atoms with Crippen molar-refractivity contribution in [1.29, 1.82) is 0 Å². The normalized spacial score (nSPS) is 13.4. The maximum absolute atomic E-state index is 11.1. The van der Waals surface area contributed by atoms with Crippen LogP contribution in [-0.4, -0.2) is 4.92 Å². The second kappa shape index (κ2) is 7.38. The van der Waals surface area contributed by atoms with Crippen LogP contribution in [0.3, 0.4) is 0 Å². The van der Waals surface area contributed by atoms with Crippen molar-refractivity contribution in [2.75, 3.05) is 0 Å². The lowest BCUT2D eigenvalue weighted by atomic mass is 10.0. The van der Waals surface area contributed by atoms with E-state index in [0.717, 1.165) is 10.4 Å². The number of thiophene rings is 1. The third-order valence-corrected chi connectivity index (χ3v) is 4.90. The zero-order valence-electron chi connectivity index (χ0n) is 13.3. The Bertz CT molecular complexity index is 803. The lowest BCUT2D eigenvalue weighted by Crippen LogP contribution is -2.25. The van der Waals surface area contributed by atoms with E-state index in [-0.39, 0.29) is 22.7 Å². The van der Waals surface area contributed by atoms with Gasteiger partial charge in [-0.05, 0) is 29.5 Å². The van der Waals surface area contributed by atoms with Crippen LogP contribution in [0.15, 0.2) is 72.1 Å². The molecular weight excluding hydrogens is 320 g/mol. The Hall–Kier alpha value is -2.50. The van der Waals surface area contributed by atoms with E-state index in [1.54, 1.807) is 23.5 Å². The van der Waals surface area contributed by atoms with E-state index in [1.807, 2.05) is 35.7 Å². The molecule has 0 saturated heterocycles. The predicted molar refractivity (Wildman–Crippen MR) is 97.3 cm³/mol. The van der Waals surface area contributed by atoms with Crippen LogP contribution in [0.1, 0.15) is 35.0 Å². The molecule has 5 heteroatoms. The fourth-order valence-electron chi connectivity index (χ4n) is 2.70. The number of benzene rings is 2. The van der Waals surface area contributed by atoms with E-state index in [9.17, 15) is 10.1 Å². The second-order valence-electron chi connectivity index (χ2n) is 5.60. The fraction of sp³-hybridized carbons (Fsp3) is 0.158. The van der Waals surface area contributed by atoms with Crippen molar-refractivity contribution in [2.45, 2.75) is 19.0 Å². The van der Waals surface area contributed by atoms with Gasteiger partial charge in [0, 0.05) is 23.1 Å². The van der Waals surface area contributed by atoms with Crippen molar-refractivity contribution in [3.63, 3.8) is 0 Å². The lowest BCUT2D eigenvalue weighted by Gasteiger charge is -2.23. The van der Waals surface area contributed by atoms with E-state index in [0.29, 0.717) is 0 Å². The highest BCUT2D eigenvalue weighted by molar-refractivity contribution is 7.10. The Morgan fingerprint density at radius 3 is 2.42 bits per heavy atom. The Labute approximate surface area is 144 Å². The molecule has 1 aromatic heterocycles. The minimum absolute atomic E-state index is 0.0832. The van der Waals surface area contributed by atoms with Crippen LogP contribution in [-0.2, 0) is 0 Å². The van der Waals surface area contributed by atoms with Crippen molar-refractivity contribution in [1.82, 2.24) is 5.32 Å². The molecule has 24 heavy (non-hydrogen) atoms. The first-order valence-corrected chi connectivity index (χ1v) is 8.62. The first-order chi connectivity index (χ1) is 11.6. The molecule has 3 rings (SSSR count). The third-order valence-electron chi connectivity index (χ3n) is 3.96. The lowest BCUT2D eigenvalue weighted by molar-refractivity contribution is -0.384. The molecule has 0 bridgehead atoms. The molecule has 1 N–H and O–H groups in total. The van der Waals surface area contributed by atoms with Gasteiger partial charge in [-0.15, -0.1) is 11.3 Å². The third kappa shape index (κ3) is 3.69. The molecule has 0 radical (unpaired) electrons. The summed E-state index contributed by atoms with van der Waals surface area (Å²) in [6.45, 7) is 2.10. The van der Waals surface area contributed by atoms with E-state index in [4.69, 9.17) is 0 Å². The summed E-state index contributed by atoms with van der Waals surface area (Å²) in [5.41, 5.74) is 2.20. The van der Waals surface area contributed by atoms with Gasteiger partial charge in [-0.3, -0.25) is 15.4 Å². The molecule has 0 saturated carbocycles. The zero-order valence-corrected chi connectivity index (χ0v) is 14.1. The Morgan fingerprint density at radius 1 is 1.00 bits per heavy atom. The SMILES string of the molecule is C[C@H](NC(c1cccc([N+](=O)[O-])c1)c1cccs1)c1ccccc1. The summed E-state index contributed by atoms with van der Waals surface area (Å²) in [6, 6.07) is 21.1. The van der Waals surface area contributed by atoms with Gasteiger partial charge in [0.25, 0.3) is 5.69 Å². The molecule has 0 aliphatic rings. The molecule has 4 nitrogen and oxygen atoms in total. The molecule has 0 spiro atoms.